The highest BCUT2D eigenvalue weighted by atomic mass is 35.5. The van der Waals surface area contributed by atoms with Crippen molar-refractivity contribution in [3.05, 3.63) is 38.9 Å². The third-order valence-electron chi connectivity index (χ3n) is 3.84. The molecule has 0 saturated heterocycles. The fraction of sp³-hybridized carbons (Fsp3) is 0.571. The molecule has 19 heavy (non-hydrogen) atoms. The summed E-state index contributed by atoms with van der Waals surface area (Å²) in [6, 6.07) is 5.20. The maximum atomic E-state index is 10.6. The summed E-state index contributed by atoms with van der Waals surface area (Å²) in [6.07, 6.45) is 4.94. The van der Waals surface area contributed by atoms with Crippen LogP contribution in [-0.4, -0.2) is 11.0 Å². The summed E-state index contributed by atoms with van der Waals surface area (Å²) >= 11 is 6.07. The van der Waals surface area contributed by atoms with Gasteiger partial charge in [0.1, 0.15) is 0 Å². The fourth-order valence-electron chi connectivity index (χ4n) is 2.51. The second kappa shape index (κ2) is 6.35. The number of nitro benzene ring substituents is 1. The van der Waals surface area contributed by atoms with Crippen LogP contribution in [-0.2, 0) is 6.54 Å². The van der Waals surface area contributed by atoms with Gasteiger partial charge in [0.2, 0.25) is 0 Å². The van der Waals surface area contributed by atoms with Crippen molar-refractivity contribution in [1.29, 1.82) is 0 Å². The van der Waals surface area contributed by atoms with E-state index in [0.717, 1.165) is 11.5 Å². The summed E-state index contributed by atoms with van der Waals surface area (Å²) in [5.74, 6) is 0.834. The molecule has 0 atom stereocenters. The van der Waals surface area contributed by atoms with E-state index in [2.05, 4.69) is 12.2 Å². The van der Waals surface area contributed by atoms with Gasteiger partial charge in [0.05, 0.1) is 9.95 Å². The Hall–Kier alpha value is -1.13. The van der Waals surface area contributed by atoms with Crippen LogP contribution in [0.1, 0.15) is 38.2 Å². The first kappa shape index (κ1) is 14.3. The number of nitro groups is 1. The van der Waals surface area contributed by atoms with Gasteiger partial charge in [0.15, 0.2) is 0 Å². The van der Waals surface area contributed by atoms with Gasteiger partial charge in [-0.3, -0.25) is 10.1 Å². The van der Waals surface area contributed by atoms with E-state index in [1.807, 2.05) is 0 Å². The van der Waals surface area contributed by atoms with Crippen LogP contribution in [0.15, 0.2) is 18.2 Å². The standard InChI is InChI=1S/C14H19ClN2O2/c1-10-2-5-12(6-3-10)16-9-11-4-7-13(17(18)19)8-14(11)15/h4,7-8,10,12,16H,2-3,5-6,9H2,1H3. The molecule has 4 nitrogen and oxygen atoms in total. The smallest absolute Gasteiger partial charge is 0.270 e. The Labute approximate surface area is 118 Å². The second-order valence-electron chi connectivity index (χ2n) is 5.37. The Morgan fingerprint density at radius 1 is 1.37 bits per heavy atom. The molecule has 1 saturated carbocycles. The van der Waals surface area contributed by atoms with Gasteiger partial charge in [-0.15, -0.1) is 0 Å². The summed E-state index contributed by atoms with van der Waals surface area (Å²) in [7, 11) is 0. The number of hydrogen-bond acceptors (Lipinski definition) is 3. The van der Waals surface area contributed by atoms with Crippen molar-refractivity contribution in [2.75, 3.05) is 0 Å². The number of hydrogen-bond donors (Lipinski definition) is 1. The van der Waals surface area contributed by atoms with Crippen LogP contribution in [0, 0.1) is 16.0 Å². The van der Waals surface area contributed by atoms with Gasteiger partial charge in [0, 0.05) is 24.7 Å². The van der Waals surface area contributed by atoms with E-state index in [1.165, 1.54) is 37.8 Å². The molecule has 5 heteroatoms. The zero-order valence-electron chi connectivity index (χ0n) is 11.1. The molecule has 0 spiro atoms. The Morgan fingerprint density at radius 2 is 2.05 bits per heavy atom. The molecule has 0 unspecified atom stereocenters. The second-order valence-corrected chi connectivity index (χ2v) is 5.78. The Kier molecular flexibility index (Phi) is 4.77. The zero-order valence-corrected chi connectivity index (χ0v) is 11.8. The van der Waals surface area contributed by atoms with Gasteiger partial charge in [-0.05, 0) is 43.2 Å². The largest absolute Gasteiger partial charge is 0.310 e. The summed E-state index contributed by atoms with van der Waals surface area (Å²) in [5, 5.41) is 14.6. The molecule has 1 fully saturated rings. The zero-order chi connectivity index (χ0) is 13.8. The molecule has 0 aromatic heterocycles. The molecule has 0 aliphatic heterocycles. The number of halogens is 1. The van der Waals surface area contributed by atoms with Crippen LogP contribution < -0.4 is 5.32 Å². The van der Waals surface area contributed by atoms with Crippen LogP contribution in [0.2, 0.25) is 5.02 Å². The summed E-state index contributed by atoms with van der Waals surface area (Å²) in [5.41, 5.74) is 0.964. The Morgan fingerprint density at radius 3 is 2.63 bits per heavy atom. The molecule has 1 aliphatic rings. The lowest BCUT2D eigenvalue weighted by Crippen LogP contribution is -2.32. The van der Waals surface area contributed by atoms with Crippen LogP contribution >= 0.6 is 11.6 Å². The lowest BCUT2D eigenvalue weighted by Gasteiger charge is -2.27. The number of benzene rings is 1. The third-order valence-corrected chi connectivity index (χ3v) is 4.20. The first-order valence-corrected chi connectivity index (χ1v) is 7.10. The first-order chi connectivity index (χ1) is 9.06. The van der Waals surface area contributed by atoms with Gasteiger partial charge in [-0.1, -0.05) is 18.5 Å². The van der Waals surface area contributed by atoms with Gasteiger partial charge in [-0.25, -0.2) is 0 Å². The van der Waals surface area contributed by atoms with Crippen molar-refractivity contribution < 1.29 is 4.92 Å². The molecule has 0 amide bonds. The average Bonchev–Trinajstić information content (AvgIpc) is 2.39. The number of rotatable bonds is 4. The summed E-state index contributed by atoms with van der Waals surface area (Å²) in [6.45, 7) is 2.97. The molecular weight excluding hydrogens is 264 g/mol. The predicted molar refractivity (Wildman–Crippen MR) is 76.4 cm³/mol. The highest BCUT2D eigenvalue weighted by Crippen LogP contribution is 2.25. The van der Waals surface area contributed by atoms with Crippen LogP contribution in [0.25, 0.3) is 0 Å². The lowest BCUT2D eigenvalue weighted by atomic mass is 9.87. The van der Waals surface area contributed by atoms with Crippen molar-refractivity contribution >= 4 is 17.3 Å². The number of nitrogens with zero attached hydrogens (tertiary/aromatic N) is 1. The topological polar surface area (TPSA) is 55.2 Å². The quantitative estimate of drug-likeness (QED) is 0.673. The normalized spacial score (nSPS) is 23.3. The van der Waals surface area contributed by atoms with Gasteiger partial charge in [0.25, 0.3) is 5.69 Å². The molecule has 1 N–H and O–H groups in total. The summed E-state index contributed by atoms with van der Waals surface area (Å²) in [4.78, 5) is 10.2. The van der Waals surface area contributed by atoms with Crippen LogP contribution in [0.4, 0.5) is 5.69 Å². The van der Waals surface area contributed by atoms with Crippen molar-refractivity contribution in [2.45, 2.75) is 45.2 Å². The molecular formula is C14H19ClN2O2. The van der Waals surface area contributed by atoms with Crippen LogP contribution in [0.5, 0.6) is 0 Å². The van der Waals surface area contributed by atoms with Gasteiger partial charge < -0.3 is 5.32 Å². The van der Waals surface area contributed by atoms with E-state index in [9.17, 15) is 10.1 Å². The minimum atomic E-state index is -0.425. The van der Waals surface area contributed by atoms with E-state index in [0.29, 0.717) is 17.6 Å². The fourth-order valence-corrected chi connectivity index (χ4v) is 2.75. The van der Waals surface area contributed by atoms with Crippen molar-refractivity contribution in [2.24, 2.45) is 5.92 Å². The molecule has 0 radical (unpaired) electrons. The molecule has 0 bridgehead atoms. The molecule has 0 heterocycles. The van der Waals surface area contributed by atoms with Gasteiger partial charge in [-0.2, -0.15) is 0 Å². The Bertz CT molecular complexity index is 457. The van der Waals surface area contributed by atoms with Crippen LogP contribution in [0.3, 0.4) is 0 Å². The molecule has 1 aromatic rings. The minimum absolute atomic E-state index is 0.0419. The minimum Gasteiger partial charge on any atom is -0.310 e. The number of non-ortho nitro benzene ring substituents is 1. The maximum Gasteiger partial charge on any atom is 0.270 e. The summed E-state index contributed by atoms with van der Waals surface area (Å²) < 4.78 is 0. The van der Waals surface area contributed by atoms with E-state index < -0.39 is 4.92 Å². The molecule has 1 aliphatic carbocycles. The first-order valence-electron chi connectivity index (χ1n) is 6.72. The SMILES string of the molecule is CC1CCC(NCc2ccc([N+](=O)[O-])cc2Cl)CC1. The highest BCUT2D eigenvalue weighted by Gasteiger charge is 2.18. The molecule has 2 rings (SSSR count). The highest BCUT2D eigenvalue weighted by molar-refractivity contribution is 6.31. The number of nitrogens with one attached hydrogen (secondary N) is 1. The van der Waals surface area contributed by atoms with E-state index in [1.54, 1.807) is 6.07 Å². The van der Waals surface area contributed by atoms with E-state index in [4.69, 9.17) is 11.6 Å². The van der Waals surface area contributed by atoms with Crippen molar-refractivity contribution in [3.8, 4) is 0 Å². The van der Waals surface area contributed by atoms with Crippen molar-refractivity contribution in [3.63, 3.8) is 0 Å². The maximum absolute atomic E-state index is 10.6. The third kappa shape index (κ3) is 3.91. The van der Waals surface area contributed by atoms with E-state index in [-0.39, 0.29) is 5.69 Å². The molecule has 104 valence electrons. The van der Waals surface area contributed by atoms with E-state index >= 15 is 0 Å². The lowest BCUT2D eigenvalue weighted by molar-refractivity contribution is -0.384. The monoisotopic (exact) mass is 282 g/mol. The molecule has 1 aromatic carbocycles. The predicted octanol–water partition coefficient (Wildman–Crippen LogP) is 3.92. The van der Waals surface area contributed by atoms with Crippen molar-refractivity contribution in [1.82, 2.24) is 5.32 Å². The van der Waals surface area contributed by atoms with Gasteiger partial charge >= 0.3 is 0 Å². The Balaban J connectivity index is 1.91. The average molecular weight is 283 g/mol.